The molecule has 0 saturated heterocycles. The summed E-state index contributed by atoms with van der Waals surface area (Å²) >= 11 is 0. The number of halogens is 1. The molecule has 0 spiro atoms. The molecule has 1 nitrogen and oxygen atoms in total. The molecule has 1 N–H and O–H groups in total. The van der Waals surface area contributed by atoms with Crippen molar-refractivity contribution < 1.29 is 4.39 Å². The minimum absolute atomic E-state index is 0.125. The van der Waals surface area contributed by atoms with E-state index in [-0.39, 0.29) is 5.82 Å². The summed E-state index contributed by atoms with van der Waals surface area (Å²) in [7, 11) is 0. The van der Waals surface area contributed by atoms with Crippen molar-refractivity contribution in [2.24, 2.45) is 11.8 Å². The highest BCUT2D eigenvalue weighted by Crippen LogP contribution is 2.40. The van der Waals surface area contributed by atoms with Gasteiger partial charge >= 0.3 is 0 Å². The second-order valence-corrected chi connectivity index (χ2v) is 7.09. The van der Waals surface area contributed by atoms with Crippen molar-refractivity contribution in [3.05, 3.63) is 35.1 Å². The van der Waals surface area contributed by atoms with Crippen LogP contribution in [0.3, 0.4) is 0 Å². The first-order valence-electron chi connectivity index (χ1n) is 8.71. The Kier molecular flexibility index (Phi) is 4.95. The highest BCUT2D eigenvalue weighted by molar-refractivity contribution is 5.26. The molecule has 2 heteroatoms. The van der Waals surface area contributed by atoms with Crippen molar-refractivity contribution in [2.75, 3.05) is 6.54 Å². The molecule has 0 aliphatic heterocycles. The Labute approximate surface area is 128 Å². The van der Waals surface area contributed by atoms with Gasteiger partial charge in [0.05, 0.1) is 0 Å². The molecule has 21 heavy (non-hydrogen) atoms. The minimum Gasteiger partial charge on any atom is -0.314 e. The molecular weight excluding hydrogens is 261 g/mol. The smallest absolute Gasteiger partial charge is 0.123 e. The lowest BCUT2D eigenvalue weighted by Crippen LogP contribution is -2.39. The number of fused-ring (bicyclic) bond motifs is 1. The summed E-state index contributed by atoms with van der Waals surface area (Å²) in [6, 6.07) is 5.87. The zero-order chi connectivity index (χ0) is 14.7. The van der Waals surface area contributed by atoms with Gasteiger partial charge < -0.3 is 5.32 Å². The number of rotatable bonds is 4. The highest BCUT2D eigenvalue weighted by atomic mass is 19.1. The molecule has 0 amide bonds. The van der Waals surface area contributed by atoms with Gasteiger partial charge in [0.25, 0.3) is 0 Å². The van der Waals surface area contributed by atoms with Crippen LogP contribution in [0, 0.1) is 24.6 Å². The van der Waals surface area contributed by atoms with Crippen LogP contribution in [0.15, 0.2) is 18.2 Å². The van der Waals surface area contributed by atoms with Crippen LogP contribution in [-0.2, 0) is 6.42 Å². The van der Waals surface area contributed by atoms with E-state index < -0.39 is 0 Å². The van der Waals surface area contributed by atoms with Crippen LogP contribution in [0.4, 0.5) is 4.39 Å². The Morgan fingerprint density at radius 3 is 2.71 bits per heavy atom. The highest BCUT2D eigenvalue weighted by Gasteiger charge is 2.31. The van der Waals surface area contributed by atoms with Crippen LogP contribution in [0.25, 0.3) is 0 Å². The molecule has 0 aromatic heterocycles. The third-order valence-corrected chi connectivity index (χ3v) is 5.67. The van der Waals surface area contributed by atoms with Crippen molar-refractivity contribution in [3.63, 3.8) is 0 Å². The SMILES string of the molecule is Cc1cc(F)ccc1CCNC1CCC2CCCCC2C1. The number of aryl methyl sites for hydroxylation is 1. The van der Waals surface area contributed by atoms with Crippen LogP contribution in [0.2, 0.25) is 0 Å². The summed E-state index contributed by atoms with van der Waals surface area (Å²) < 4.78 is 13.1. The lowest BCUT2D eigenvalue weighted by atomic mass is 9.69. The largest absolute Gasteiger partial charge is 0.314 e. The van der Waals surface area contributed by atoms with E-state index in [1.807, 2.05) is 13.0 Å². The fourth-order valence-electron chi connectivity index (χ4n) is 4.41. The first-order chi connectivity index (χ1) is 10.2. The molecule has 116 valence electrons. The summed E-state index contributed by atoms with van der Waals surface area (Å²) in [5.41, 5.74) is 2.35. The second-order valence-electron chi connectivity index (χ2n) is 7.09. The maximum absolute atomic E-state index is 13.1. The maximum atomic E-state index is 13.1. The van der Waals surface area contributed by atoms with Crippen molar-refractivity contribution in [1.82, 2.24) is 5.32 Å². The van der Waals surface area contributed by atoms with Gasteiger partial charge in [0.2, 0.25) is 0 Å². The van der Waals surface area contributed by atoms with E-state index in [1.165, 1.54) is 50.5 Å². The van der Waals surface area contributed by atoms with Crippen LogP contribution in [0.5, 0.6) is 0 Å². The molecule has 2 fully saturated rings. The molecule has 3 atom stereocenters. The van der Waals surface area contributed by atoms with E-state index in [1.54, 1.807) is 12.1 Å². The van der Waals surface area contributed by atoms with Gasteiger partial charge in [0.1, 0.15) is 5.82 Å². The minimum atomic E-state index is -0.125. The lowest BCUT2D eigenvalue weighted by Gasteiger charge is -2.39. The molecule has 2 aliphatic rings. The maximum Gasteiger partial charge on any atom is 0.123 e. The predicted molar refractivity (Wildman–Crippen MR) is 85.9 cm³/mol. The Morgan fingerprint density at radius 1 is 1.10 bits per heavy atom. The Hall–Kier alpha value is -0.890. The predicted octanol–water partition coefficient (Wildman–Crippen LogP) is 4.63. The molecule has 0 bridgehead atoms. The lowest BCUT2D eigenvalue weighted by molar-refractivity contribution is 0.144. The molecule has 3 rings (SSSR count). The van der Waals surface area contributed by atoms with E-state index in [0.29, 0.717) is 6.04 Å². The monoisotopic (exact) mass is 289 g/mol. The van der Waals surface area contributed by atoms with E-state index in [2.05, 4.69) is 5.32 Å². The van der Waals surface area contributed by atoms with Crippen LogP contribution in [-0.4, -0.2) is 12.6 Å². The normalized spacial score (nSPS) is 29.1. The molecule has 3 unspecified atom stereocenters. The number of nitrogens with one attached hydrogen (secondary N) is 1. The first kappa shape index (κ1) is 15.0. The van der Waals surface area contributed by atoms with Gasteiger partial charge in [-0.15, -0.1) is 0 Å². The topological polar surface area (TPSA) is 12.0 Å². The molecule has 1 aromatic rings. The zero-order valence-corrected chi connectivity index (χ0v) is 13.2. The van der Waals surface area contributed by atoms with Gasteiger partial charge in [-0.2, -0.15) is 0 Å². The summed E-state index contributed by atoms with van der Waals surface area (Å²) in [5, 5.41) is 3.75. The van der Waals surface area contributed by atoms with Crippen LogP contribution in [0.1, 0.15) is 56.1 Å². The summed E-state index contributed by atoms with van der Waals surface area (Å²) in [6.45, 7) is 3.03. The van der Waals surface area contributed by atoms with E-state index in [4.69, 9.17) is 0 Å². The van der Waals surface area contributed by atoms with Crippen molar-refractivity contribution in [1.29, 1.82) is 0 Å². The van der Waals surface area contributed by atoms with Gasteiger partial charge in [-0.05, 0) is 74.2 Å². The second kappa shape index (κ2) is 6.91. The fourth-order valence-corrected chi connectivity index (χ4v) is 4.41. The molecule has 1 aromatic carbocycles. The van der Waals surface area contributed by atoms with Gasteiger partial charge in [-0.25, -0.2) is 4.39 Å². The average molecular weight is 289 g/mol. The van der Waals surface area contributed by atoms with Gasteiger partial charge in [0, 0.05) is 6.04 Å². The summed E-state index contributed by atoms with van der Waals surface area (Å²) in [5.74, 6) is 1.88. The molecule has 0 heterocycles. The summed E-state index contributed by atoms with van der Waals surface area (Å²) in [4.78, 5) is 0. The standard InChI is InChI=1S/C19H28FN/c1-14-12-18(20)8-6-15(14)10-11-21-19-9-7-16-4-2-3-5-17(16)13-19/h6,8,12,16-17,19,21H,2-5,7,9-11,13H2,1H3. The van der Waals surface area contributed by atoms with E-state index in [0.717, 1.165) is 30.4 Å². The van der Waals surface area contributed by atoms with Gasteiger partial charge in [-0.3, -0.25) is 0 Å². The Bertz CT molecular complexity index is 471. The third-order valence-electron chi connectivity index (χ3n) is 5.67. The van der Waals surface area contributed by atoms with Crippen molar-refractivity contribution >= 4 is 0 Å². The summed E-state index contributed by atoms with van der Waals surface area (Å²) in [6.07, 6.45) is 11.0. The Balaban J connectivity index is 1.45. The first-order valence-corrected chi connectivity index (χ1v) is 8.71. The number of hydrogen-bond donors (Lipinski definition) is 1. The number of hydrogen-bond acceptors (Lipinski definition) is 1. The molecule has 2 aliphatic carbocycles. The Morgan fingerprint density at radius 2 is 1.90 bits per heavy atom. The van der Waals surface area contributed by atoms with E-state index >= 15 is 0 Å². The quantitative estimate of drug-likeness (QED) is 0.852. The van der Waals surface area contributed by atoms with Crippen LogP contribution < -0.4 is 5.32 Å². The van der Waals surface area contributed by atoms with Crippen molar-refractivity contribution in [3.8, 4) is 0 Å². The van der Waals surface area contributed by atoms with Crippen LogP contribution >= 0.6 is 0 Å². The molecule has 2 saturated carbocycles. The fraction of sp³-hybridized carbons (Fsp3) is 0.684. The third kappa shape index (κ3) is 3.85. The number of benzene rings is 1. The zero-order valence-electron chi connectivity index (χ0n) is 13.2. The van der Waals surface area contributed by atoms with Gasteiger partial charge in [0.15, 0.2) is 0 Å². The van der Waals surface area contributed by atoms with E-state index in [9.17, 15) is 4.39 Å². The van der Waals surface area contributed by atoms with Gasteiger partial charge in [-0.1, -0.05) is 31.7 Å². The molecular formula is C19H28FN. The molecule has 0 radical (unpaired) electrons. The average Bonchev–Trinajstić information content (AvgIpc) is 2.49. The van der Waals surface area contributed by atoms with Crippen molar-refractivity contribution in [2.45, 2.75) is 64.3 Å².